The van der Waals surface area contributed by atoms with E-state index in [1.165, 1.54) is 0 Å². The second-order valence-corrected chi connectivity index (χ2v) is 3.12. The number of hydrogen-bond donors (Lipinski definition) is 0. The van der Waals surface area contributed by atoms with Gasteiger partial charge < -0.3 is 4.84 Å². The summed E-state index contributed by atoms with van der Waals surface area (Å²) in [6.07, 6.45) is 0. The molecule has 0 aliphatic carbocycles. The molecular weight excluding hydrogens is 200 g/mol. The van der Waals surface area contributed by atoms with Crippen LogP contribution in [-0.2, 0) is 11.4 Å². The normalized spacial score (nSPS) is 10.8. The first-order valence-corrected chi connectivity index (χ1v) is 4.41. The van der Waals surface area contributed by atoms with Gasteiger partial charge in [0.15, 0.2) is 5.71 Å². The minimum absolute atomic E-state index is 0.305. The van der Waals surface area contributed by atoms with Gasteiger partial charge in [0, 0.05) is 5.02 Å². The van der Waals surface area contributed by atoms with E-state index < -0.39 is 0 Å². The van der Waals surface area contributed by atoms with Gasteiger partial charge in [0.1, 0.15) is 12.7 Å². The van der Waals surface area contributed by atoms with Crippen molar-refractivity contribution in [1.82, 2.24) is 0 Å². The summed E-state index contributed by atoms with van der Waals surface area (Å²) in [6, 6.07) is 9.12. The van der Waals surface area contributed by atoms with Crippen LogP contribution in [0.5, 0.6) is 0 Å². The molecule has 0 bridgehead atoms. The minimum Gasteiger partial charge on any atom is -0.390 e. The van der Waals surface area contributed by atoms with Crippen LogP contribution in [0.1, 0.15) is 12.5 Å². The predicted molar refractivity (Wildman–Crippen MR) is 55.0 cm³/mol. The van der Waals surface area contributed by atoms with Crippen LogP contribution in [0.2, 0.25) is 5.02 Å². The third-order valence-electron chi connectivity index (χ3n) is 1.51. The van der Waals surface area contributed by atoms with Gasteiger partial charge in [0.05, 0.1) is 0 Å². The lowest BCUT2D eigenvalue weighted by atomic mass is 10.2. The summed E-state index contributed by atoms with van der Waals surface area (Å²) in [5.74, 6) is 0. The fourth-order valence-corrected chi connectivity index (χ4v) is 0.931. The molecule has 0 aliphatic heterocycles. The zero-order valence-electron chi connectivity index (χ0n) is 7.70. The Bertz CT molecular complexity index is 365. The van der Waals surface area contributed by atoms with Crippen LogP contribution in [0.3, 0.4) is 0 Å². The van der Waals surface area contributed by atoms with Crippen LogP contribution in [0.25, 0.3) is 0 Å². The lowest BCUT2D eigenvalue weighted by Gasteiger charge is -1.99. The first kappa shape index (κ1) is 10.6. The van der Waals surface area contributed by atoms with Gasteiger partial charge in [-0.2, -0.15) is 5.26 Å². The maximum atomic E-state index is 8.39. The predicted octanol–water partition coefficient (Wildman–Crippen LogP) is 2.76. The van der Waals surface area contributed by atoms with Gasteiger partial charge in [-0.25, -0.2) is 0 Å². The van der Waals surface area contributed by atoms with Crippen molar-refractivity contribution in [2.24, 2.45) is 5.16 Å². The van der Waals surface area contributed by atoms with E-state index in [4.69, 9.17) is 21.7 Å². The van der Waals surface area contributed by atoms with Crippen molar-refractivity contribution in [2.45, 2.75) is 13.5 Å². The number of benzene rings is 1. The molecule has 0 aromatic heterocycles. The van der Waals surface area contributed by atoms with Crippen LogP contribution in [0, 0.1) is 11.3 Å². The zero-order chi connectivity index (χ0) is 10.4. The van der Waals surface area contributed by atoms with Crippen molar-refractivity contribution in [3.8, 4) is 6.07 Å². The smallest absolute Gasteiger partial charge is 0.153 e. The Morgan fingerprint density at radius 1 is 1.50 bits per heavy atom. The Hall–Kier alpha value is -1.53. The molecule has 0 fully saturated rings. The van der Waals surface area contributed by atoms with Crippen molar-refractivity contribution >= 4 is 17.3 Å². The van der Waals surface area contributed by atoms with Gasteiger partial charge in [-0.15, -0.1) is 0 Å². The number of rotatable bonds is 3. The van der Waals surface area contributed by atoms with Crippen LogP contribution >= 0.6 is 11.6 Å². The molecule has 0 saturated carbocycles. The molecule has 4 heteroatoms. The highest BCUT2D eigenvalue weighted by Crippen LogP contribution is 2.10. The first-order chi connectivity index (χ1) is 6.72. The number of oxime groups is 1. The van der Waals surface area contributed by atoms with Crippen LogP contribution in [-0.4, -0.2) is 5.71 Å². The summed E-state index contributed by atoms with van der Waals surface area (Å²) in [5, 5.41) is 12.7. The molecule has 0 radical (unpaired) electrons. The van der Waals surface area contributed by atoms with E-state index in [1.807, 2.05) is 18.2 Å². The number of halogens is 1. The summed E-state index contributed by atoms with van der Waals surface area (Å²) in [7, 11) is 0. The molecule has 0 atom stereocenters. The third-order valence-corrected chi connectivity index (χ3v) is 1.76. The topological polar surface area (TPSA) is 45.4 Å². The van der Waals surface area contributed by atoms with E-state index in [2.05, 4.69) is 5.16 Å². The van der Waals surface area contributed by atoms with Crippen molar-refractivity contribution in [3.63, 3.8) is 0 Å². The van der Waals surface area contributed by atoms with Crippen molar-refractivity contribution < 1.29 is 4.84 Å². The molecular formula is C10H9ClN2O. The summed E-state index contributed by atoms with van der Waals surface area (Å²) in [6.45, 7) is 1.93. The fraction of sp³-hybridized carbons (Fsp3) is 0.200. The van der Waals surface area contributed by atoms with E-state index in [9.17, 15) is 0 Å². The highest BCUT2D eigenvalue weighted by molar-refractivity contribution is 6.30. The number of nitriles is 1. The molecule has 0 saturated heterocycles. The van der Waals surface area contributed by atoms with Crippen molar-refractivity contribution in [2.75, 3.05) is 0 Å². The second-order valence-electron chi connectivity index (χ2n) is 2.69. The minimum atomic E-state index is 0.305. The average Bonchev–Trinajstić information content (AvgIpc) is 2.21. The zero-order valence-corrected chi connectivity index (χ0v) is 8.45. The number of hydrogen-bond acceptors (Lipinski definition) is 3. The quantitative estimate of drug-likeness (QED) is 0.566. The van der Waals surface area contributed by atoms with Crippen LogP contribution < -0.4 is 0 Å². The molecule has 1 aromatic carbocycles. The van der Waals surface area contributed by atoms with Crippen LogP contribution in [0.4, 0.5) is 0 Å². The average molecular weight is 209 g/mol. The van der Waals surface area contributed by atoms with E-state index in [0.717, 1.165) is 5.56 Å². The van der Waals surface area contributed by atoms with Crippen molar-refractivity contribution in [1.29, 1.82) is 5.26 Å². The van der Waals surface area contributed by atoms with Crippen molar-refractivity contribution in [3.05, 3.63) is 34.9 Å². The number of nitrogens with zero attached hydrogens (tertiary/aromatic N) is 2. The Morgan fingerprint density at radius 2 is 2.14 bits per heavy atom. The van der Waals surface area contributed by atoms with E-state index in [1.54, 1.807) is 19.1 Å². The van der Waals surface area contributed by atoms with Gasteiger partial charge in [-0.3, -0.25) is 0 Å². The fourth-order valence-electron chi connectivity index (χ4n) is 0.805. The lowest BCUT2D eigenvalue weighted by Crippen LogP contribution is -1.90. The Kier molecular flexibility index (Phi) is 3.96. The molecule has 0 unspecified atom stereocenters. The van der Waals surface area contributed by atoms with Gasteiger partial charge in [0.25, 0.3) is 0 Å². The molecule has 1 aromatic rings. The largest absolute Gasteiger partial charge is 0.390 e. The van der Waals surface area contributed by atoms with E-state index in [-0.39, 0.29) is 0 Å². The van der Waals surface area contributed by atoms with Gasteiger partial charge in [-0.1, -0.05) is 28.9 Å². The summed E-state index contributed by atoms with van der Waals surface area (Å²) in [5.41, 5.74) is 1.27. The monoisotopic (exact) mass is 208 g/mol. The molecule has 14 heavy (non-hydrogen) atoms. The SMILES string of the molecule is C/C(C#N)=N\OCc1ccc(Cl)cc1. The summed E-state index contributed by atoms with van der Waals surface area (Å²) < 4.78 is 0. The maximum Gasteiger partial charge on any atom is 0.153 e. The highest BCUT2D eigenvalue weighted by atomic mass is 35.5. The Labute approximate surface area is 87.5 Å². The Balaban J connectivity index is 2.47. The summed E-state index contributed by atoms with van der Waals surface area (Å²) in [4.78, 5) is 4.93. The van der Waals surface area contributed by atoms with Crippen LogP contribution in [0.15, 0.2) is 29.4 Å². The first-order valence-electron chi connectivity index (χ1n) is 4.03. The molecule has 0 heterocycles. The van der Waals surface area contributed by atoms with Gasteiger partial charge in [0.2, 0.25) is 0 Å². The van der Waals surface area contributed by atoms with E-state index >= 15 is 0 Å². The second kappa shape index (κ2) is 5.25. The molecule has 0 N–H and O–H groups in total. The maximum absolute atomic E-state index is 8.39. The summed E-state index contributed by atoms with van der Waals surface area (Å²) >= 11 is 5.71. The van der Waals surface area contributed by atoms with Gasteiger partial charge >= 0.3 is 0 Å². The molecule has 3 nitrogen and oxygen atoms in total. The van der Waals surface area contributed by atoms with Gasteiger partial charge in [-0.05, 0) is 24.6 Å². The lowest BCUT2D eigenvalue weighted by molar-refractivity contribution is 0.131. The highest BCUT2D eigenvalue weighted by Gasteiger charge is 1.93. The molecule has 1 rings (SSSR count). The van der Waals surface area contributed by atoms with E-state index in [0.29, 0.717) is 17.3 Å². The Morgan fingerprint density at radius 3 is 2.71 bits per heavy atom. The standard InChI is InChI=1S/C10H9ClN2O/c1-8(6-12)13-14-7-9-2-4-10(11)5-3-9/h2-5H,7H2,1H3/b13-8+. The molecule has 0 aliphatic rings. The molecule has 72 valence electrons. The molecule has 0 spiro atoms. The third kappa shape index (κ3) is 3.46. The molecule has 0 amide bonds.